The second kappa shape index (κ2) is 22.1. The van der Waals surface area contributed by atoms with E-state index in [2.05, 4.69) is 82.4 Å². The van der Waals surface area contributed by atoms with Gasteiger partial charge in [0.05, 0.1) is 39.9 Å². The van der Waals surface area contributed by atoms with Gasteiger partial charge in [-0.15, -0.1) is 0 Å². The van der Waals surface area contributed by atoms with E-state index in [-0.39, 0.29) is 51.6 Å². The number of ether oxygens (including phenoxy) is 2. The first-order chi connectivity index (χ1) is 34.8. The average molecular weight is 1030 g/mol. The highest BCUT2D eigenvalue weighted by Crippen LogP contribution is 2.42. The summed E-state index contributed by atoms with van der Waals surface area (Å²) in [6, 6.07) is 16.2. The third-order valence-electron chi connectivity index (χ3n) is 15.2. The topological polar surface area (TPSA) is 159 Å². The predicted octanol–water partition coefficient (Wildman–Crippen LogP) is 6.40. The van der Waals surface area contributed by atoms with E-state index in [1.165, 1.54) is 17.0 Å². The highest BCUT2D eigenvalue weighted by Gasteiger charge is 2.49. The van der Waals surface area contributed by atoms with Gasteiger partial charge in [-0.25, -0.2) is 9.82 Å². The Labute approximate surface area is 439 Å². The summed E-state index contributed by atoms with van der Waals surface area (Å²) in [5.41, 5.74) is 7.08. The molecule has 4 atom stereocenters. The van der Waals surface area contributed by atoms with Crippen molar-refractivity contribution in [1.29, 1.82) is 0 Å². The Morgan fingerprint density at radius 2 is 1.72 bits per heavy atom. The van der Waals surface area contributed by atoms with E-state index in [4.69, 9.17) is 14.5 Å². The van der Waals surface area contributed by atoms with Crippen molar-refractivity contribution in [3.63, 3.8) is 0 Å². The average Bonchev–Trinajstić information content (AvgIpc) is 3.67. The number of aromatic nitrogens is 2. The number of hydrogen-bond acceptors (Lipinski definition) is 10. The molecule has 0 unspecified atom stereocenters. The lowest BCUT2D eigenvalue weighted by Crippen LogP contribution is -2.69. The second-order valence-electron chi connectivity index (χ2n) is 22.2. The number of hydrogen-bond donors (Lipinski definition) is 2. The summed E-state index contributed by atoms with van der Waals surface area (Å²) in [7, 11) is 10.6. The van der Waals surface area contributed by atoms with E-state index in [0.717, 1.165) is 49.4 Å². The number of aryl methyl sites for hydroxylation is 1. The SMILES string of the molecule is CCn1c(-c2cccnc2[C@H](C)OC)c2c3cc(ccc31)-c1cccc(c1)C[C@]([Si])(NC(=O)[C@H](C(C)C)N(C)C(=O)C1(F)CCN(C(=O)C#CC(C)(C)N(C)C)CC1)C(=O)N1CCC[C@H](N1)C(=O)OCC(C)(C)C2. The van der Waals surface area contributed by atoms with Crippen LogP contribution in [0.3, 0.4) is 0 Å². The number of hydrazine groups is 1. The summed E-state index contributed by atoms with van der Waals surface area (Å²) >= 11 is 0. The number of esters is 1. The van der Waals surface area contributed by atoms with Crippen molar-refractivity contribution in [3.05, 3.63) is 77.6 Å². The van der Waals surface area contributed by atoms with Gasteiger partial charge in [0.25, 0.3) is 17.7 Å². The molecule has 7 rings (SSSR count). The molecule has 2 N–H and O–H groups in total. The number of amides is 4. The third-order valence-corrected chi connectivity index (χ3v) is 15.7. The molecule has 0 saturated carbocycles. The lowest BCUT2D eigenvalue weighted by atomic mass is 9.84. The maximum atomic E-state index is 16.9. The van der Waals surface area contributed by atoms with Crippen molar-refractivity contribution in [2.45, 2.75) is 135 Å². The molecule has 74 heavy (non-hydrogen) atoms. The van der Waals surface area contributed by atoms with Crippen LogP contribution in [0.25, 0.3) is 33.3 Å². The molecule has 4 aromatic rings. The molecule has 4 amide bonds. The molecule has 17 heteroatoms. The number of rotatable bonds is 10. The number of fused-ring (bicyclic) bond motifs is 6. The molecule has 2 saturated heterocycles. The Morgan fingerprint density at radius 1 is 1.01 bits per heavy atom. The second-order valence-corrected chi connectivity index (χ2v) is 23.0. The van der Waals surface area contributed by atoms with Crippen LogP contribution in [0.4, 0.5) is 4.39 Å². The minimum Gasteiger partial charge on any atom is -0.464 e. The van der Waals surface area contributed by atoms with Gasteiger partial charge < -0.3 is 29.2 Å². The number of carbonyl (C=O) groups excluding carboxylic acids is 5. The first kappa shape index (κ1) is 55.8. The summed E-state index contributed by atoms with van der Waals surface area (Å²) in [5, 5.41) is 3.54. The van der Waals surface area contributed by atoms with Crippen LogP contribution >= 0.6 is 0 Å². The fourth-order valence-corrected chi connectivity index (χ4v) is 10.8. The maximum Gasteiger partial charge on any atom is 0.324 e. The normalized spacial score (nSPS) is 21.1. The Bertz CT molecular complexity index is 2840. The van der Waals surface area contributed by atoms with Crippen LogP contribution in [0, 0.1) is 23.2 Å². The number of methoxy groups -OCH3 is 1. The molecule has 5 heterocycles. The quantitative estimate of drug-likeness (QED) is 0.104. The maximum absolute atomic E-state index is 16.9. The lowest BCUT2D eigenvalue weighted by molar-refractivity contribution is -0.157. The summed E-state index contributed by atoms with van der Waals surface area (Å²) < 4.78 is 31.1. The molecular weight excluding hydrogens is 956 g/mol. The van der Waals surface area contributed by atoms with E-state index in [1.807, 2.05) is 70.1 Å². The molecule has 3 aliphatic heterocycles. The molecule has 0 aliphatic carbocycles. The van der Waals surface area contributed by atoms with Gasteiger partial charge in [0, 0.05) is 87.7 Å². The highest BCUT2D eigenvalue weighted by molar-refractivity contribution is 6.30. The Kier molecular flexibility index (Phi) is 16.7. The van der Waals surface area contributed by atoms with E-state index in [1.54, 1.807) is 27.2 Å². The number of cyclic esters (lactones) is 1. The zero-order chi connectivity index (χ0) is 54.1. The van der Waals surface area contributed by atoms with Gasteiger partial charge in [0.15, 0.2) is 5.67 Å². The summed E-state index contributed by atoms with van der Waals surface area (Å²) in [6.45, 7) is 16.5. The molecule has 395 valence electrons. The molecule has 2 fully saturated rings. The van der Waals surface area contributed by atoms with E-state index >= 15 is 9.18 Å². The van der Waals surface area contributed by atoms with Crippen LogP contribution in [0.1, 0.15) is 104 Å². The minimum absolute atomic E-state index is 0.0283. The van der Waals surface area contributed by atoms with Gasteiger partial charge >= 0.3 is 5.97 Å². The third kappa shape index (κ3) is 11.6. The van der Waals surface area contributed by atoms with Crippen molar-refractivity contribution in [1.82, 2.24) is 40.0 Å². The fourth-order valence-electron chi connectivity index (χ4n) is 10.4. The number of alkyl halides is 1. The zero-order valence-electron chi connectivity index (χ0n) is 45.3. The molecule has 3 aliphatic rings. The van der Waals surface area contributed by atoms with Gasteiger partial charge in [0.2, 0.25) is 5.91 Å². The molecule has 0 spiro atoms. The van der Waals surface area contributed by atoms with Gasteiger partial charge in [-0.3, -0.25) is 38.9 Å². The molecule has 3 radical (unpaired) electrons. The Morgan fingerprint density at radius 3 is 2.38 bits per heavy atom. The van der Waals surface area contributed by atoms with Crippen LogP contribution in [0.5, 0.6) is 0 Å². The van der Waals surface area contributed by atoms with Crippen LogP contribution in [-0.2, 0) is 52.8 Å². The van der Waals surface area contributed by atoms with Crippen LogP contribution in [-0.4, -0.2) is 152 Å². The fraction of sp³-hybridized carbons (Fsp3) is 0.544. The molecular formula is C57H74FN8O7Si. The van der Waals surface area contributed by atoms with Crippen LogP contribution in [0.15, 0.2) is 60.8 Å². The summed E-state index contributed by atoms with van der Waals surface area (Å²) in [6.07, 6.45) is 2.33. The number of halogens is 1. The lowest BCUT2D eigenvalue weighted by Gasteiger charge is -2.42. The molecule has 2 aromatic carbocycles. The largest absolute Gasteiger partial charge is 0.464 e. The number of nitrogens with one attached hydrogen (secondary N) is 2. The number of pyridine rings is 1. The molecule has 15 nitrogen and oxygen atoms in total. The zero-order valence-corrected chi connectivity index (χ0v) is 46.3. The predicted molar refractivity (Wildman–Crippen MR) is 285 cm³/mol. The van der Waals surface area contributed by atoms with Crippen LogP contribution < -0.4 is 10.7 Å². The number of carbonyl (C=O) groups is 5. The number of piperidine rings is 1. The number of likely N-dealkylation sites (tertiary alicyclic amines) is 1. The summed E-state index contributed by atoms with van der Waals surface area (Å²) in [5.74, 6) is 2.04. The highest BCUT2D eigenvalue weighted by atomic mass is 28.1. The Balaban J connectivity index is 1.24. The molecule has 6 bridgehead atoms. The number of benzene rings is 2. The summed E-state index contributed by atoms with van der Waals surface area (Å²) in [4.78, 5) is 80.6. The van der Waals surface area contributed by atoms with Crippen molar-refractivity contribution in [3.8, 4) is 34.2 Å². The van der Waals surface area contributed by atoms with E-state index in [0.29, 0.717) is 31.4 Å². The van der Waals surface area contributed by atoms with Gasteiger partial charge in [-0.1, -0.05) is 63.9 Å². The first-order valence-corrected chi connectivity index (χ1v) is 26.3. The first-order valence-electron chi connectivity index (χ1n) is 25.8. The van der Waals surface area contributed by atoms with Crippen LogP contribution in [0.2, 0.25) is 0 Å². The smallest absolute Gasteiger partial charge is 0.324 e. The van der Waals surface area contributed by atoms with E-state index < -0.39 is 69.4 Å². The van der Waals surface area contributed by atoms with Crippen molar-refractivity contribution in [2.75, 3.05) is 54.5 Å². The van der Waals surface area contributed by atoms with Crippen molar-refractivity contribution in [2.24, 2.45) is 11.3 Å². The van der Waals surface area contributed by atoms with Gasteiger partial charge in [-0.2, -0.15) is 0 Å². The number of likely N-dealkylation sites (N-methyl/N-ethyl adjacent to an activating group) is 1. The monoisotopic (exact) mass is 1030 g/mol. The molecule has 2 aromatic heterocycles. The van der Waals surface area contributed by atoms with Gasteiger partial charge in [-0.05, 0) is 119 Å². The van der Waals surface area contributed by atoms with Crippen molar-refractivity contribution >= 4 is 50.7 Å². The standard InChI is InChI=1S/C57H74FN8O7Si/c1-13-65-45-22-21-40-32-42(45)43(49(65)41-19-15-27-59-47(41)37(4)72-12)34-54(5,6)35-73-51(69)44-20-16-28-66(61-44)53(71)57(74,33-38-17-14-18-39(40)31-38)60-50(68)48(36(2)3)63(11)52(70)56(58)25-29-64(30-26-56)46(67)23-24-55(7,8)62(9)10/h14-15,17-19,21-22,27,31-32,36-37,44,48,61H,13,16,20,25-26,28-30,33-35H2,1-12H3,(H,60,68)/t37-,44-,48-,57+/m0/s1. The van der Waals surface area contributed by atoms with E-state index in [9.17, 15) is 19.2 Å². The minimum atomic E-state index is -2.36. The van der Waals surface area contributed by atoms with Crippen molar-refractivity contribution < 1.29 is 37.8 Å². The Hall–Kier alpha value is -5.93. The number of nitrogens with zero attached hydrogens (tertiary/aromatic N) is 6. The van der Waals surface area contributed by atoms with Gasteiger partial charge in [0.1, 0.15) is 17.2 Å².